The van der Waals surface area contributed by atoms with E-state index in [1.807, 2.05) is 6.07 Å². The average molecular weight is 566 g/mol. The molecule has 3 atom stereocenters. The monoisotopic (exact) mass is 565 g/mol. The number of pyridine rings is 1. The first-order valence-electron chi connectivity index (χ1n) is 14.4. The molecule has 2 bridgehead atoms. The highest BCUT2D eigenvalue weighted by Crippen LogP contribution is 2.45. The summed E-state index contributed by atoms with van der Waals surface area (Å²) < 4.78 is 54.0. The number of carbonyl (C=O) groups is 1. The predicted molar refractivity (Wildman–Crippen MR) is 148 cm³/mol. The van der Waals surface area contributed by atoms with E-state index in [0.29, 0.717) is 41.0 Å². The third-order valence-corrected chi connectivity index (χ3v) is 9.08. The highest BCUT2D eigenvalue weighted by Gasteiger charge is 2.45. The van der Waals surface area contributed by atoms with E-state index in [4.69, 9.17) is 19.6 Å². The van der Waals surface area contributed by atoms with E-state index >= 15 is 0 Å². The summed E-state index contributed by atoms with van der Waals surface area (Å²) in [4.78, 5) is 23.5. The molecule has 2 aliphatic rings. The number of aliphatic hydroxyl groups excluding tert-OH is 1. The quantitative estimate of drug-likeness (QED) is 0.359. The number of sulfone groups is 1. The van der Waals surface area contributed by atoms with E-state index in [1.54, 1.807) is 47.6 Å². The van der Waals surface area contributed by atoms with Gasteiger partial charge in [0.2, 0.25) is 5.91 Å². The van der Waals surface area contributed by atoms with Crippen LogP contribution in [-0.4, -0.2) is 75.9 Å². The molecule has 11 nitrogen and oxygen atoms in total. The van der Waals surface area contributed by atoms with Crippen molar-refractivity contribution in [3.63, 3.8) is 0 Å². The first-order valence-corrected chi connectivity index (χ1v) is 14.8. The number of anilines is 1. The van der Waals surface area contributed by atoms with E-state index in [2.05, 4.69) is 10.1 Å². The summed E-state index contributed by atoms with van der Waals surface area (Å²) in [5, 5.41) is 13.8. The molecule has 208 valence electrons. The number of rotatable bonds is 6. The molecule has 0 aliphatic carbocycles. The van der Waals surface area contributed by atoms with Crippen molar-refractivity contribution in [2.45, 2.75) is 48.6 Å². The Hall–Kier alpha value is -4.03. The minimum Gasteiger partial charge on any atom is -0.497 e. The normalized spacial score (nSPS) is 22.1. The van der Waals surface area contributed by atoms with Gasteiger partial charge < -0.3 is 20.5 Å². The van der Waals surface area contributed by atoms with Gasteiger partial charge in [-0.15, -0.1) is 0 Å². The molecule has 1 amide bonds. The molecule has 0 radical (unpaired) electrons. The number of hydrogen-bond donors (Lipinski definition) is 2. The lowest BCUT2D eigenvalue weighted by Gasteiger charge is -2.39. The fourth-order valence-corrected chi connectivity index (χ4v) is 7.24. The van der Waals surface area contributed by atoms with Crippen LogP contribution < -0.4 is 10.5 Å². The summed E-state index contributed by atoms with van der Waals surface area (Å²) in [5.41, 5.74) is 9.92. The van der Waals surface area contributed by atoms with Gasteiger partial charge in [-0.3, -0.25) is 9.78 Å². The minimum atomic E-state index is -3.78. The lowest BCUT2D eigenvalue weighted by Crippen LogP contribution is -2.47. The zero-order chi connectivity index (χ0) is 30.7. The number of nitrogen functional groups attached to an aromatic ring is 1. The Morgan fingerprint density at radius 2 is 1.82 bits per heavy atom. The van der Waals surface area contributed by atoms with Gasteiger partial charge in [0, 0.05) is 47.1 Å². The number of methoxy groups -OCH3 is 1. The molecule has 6 rings (SSSR count). The van der Waals surface area contributed by atoms with E-state index in [0.717, 1.165) is 24.7 Å². The maximum absolute atomic E-state index is 13.0. The van der Waals surface area contributed by atoms with Crippen molar-refractivity contribution in [3.05, 3.63) is 54.5 Å². The van der Waals surface area contributed by atoms with Crippen molar-refractivity contribution in [1.29, 1.82) is 0 Å². The number of piperidine rings is 1. The summed E-state index contributed by atoms with van der Waals surface area (Å²) in [6, 6.07) is 9.99. The van der Waals surface area contributed by atoms with Crippen LogP contribution in [0, 0.1) is 0 Å². The van der Waals surface area contributed by atoms with Crippen LogP contribution in [0.3, 0.4) is 0 Å². The van der Waals surface area contributed by atoms with Crippen LogP contribution in [0.25, 0.3) is 28.0 Å². The molecule has 3 aromatic heterocycles. The number of nitrogens with two attached hydrogens (primary N) is 1. The van der Waals surface area contributed by atoms with Gasteiger partial charge >= 0.3 is 0 Å². The van der Waals surface area contributed by atoms with Gasteiger partial charge in [-0.05, 0) is 56.0 Å². The molecule has 0 spiro atoms. The SMILES string of the molecule is [2H]C([2H])([2H])Oc1ccc(-c2ccc(-c3cnn4c(N)c(S(C)(=O)=O)c(C5C[C@H]6CC[C@@H](C5)N6C(=O)CO)nc34)cn2)cc1. The fourth-order valence-electron chi connectivity index (χ4n) is 6.19. The standard InChI is InChI=1S/C28H30N6O5S/c1-39-21-8-3-16(4-9-21)23-10-5-17(13-30-23)22-14-31-34-27(29)26(40(2,37)38)25(32-28(22)34)18-11-19-6-7-20(12-18)33(19)24(36)15-35/h3-5,8-10,13-14,18-20,35H,6-7,11-12,15,29H2,1-2H3/t18?,19-,20+/i1D3. The first-order chi connectivity index (χ1) is 20.3. The summed E-state index contributed by atoms with van der Waals surface area (Å²) in [5.74, 6) is -0.374. The molecule has 12 heteroatoms. The summed E-state index contributed by atoms with van der Waals surface area (Å²) in [6.07, 6.45) is 6.92. The topological polar surface area (TPSA) is 153 Å². The zero-order valence-corrected chi connectivity index (χ0v) is 22.5. The van der Waals surface area contributed by atoms with Crippen molar-refractivity contribution in [2.24, 2.45) is 0 Å². The number of ether oxygens (including phenoxy) is 1. The Morgan fingerprint density at radius 3 is 2.42 bits per heavy atom. The van der Waals surface area contributed by atoms with Crippen molar-refractivity contribution in [2.75, 3.05) is 25.6 Å². The Labute approximate surface area is 235 Å². The zero-order valence-electron chi connectivity index (χ0n) is 24.7. The third-order valence-electron chi connectivity index (χ3n) is 7.92. The van der Waals surface area contributed by atoms with Crippen LogP contribution in [0.2, 0.25) is 0 Å². The molecule has 40 heavy (non-hydrogen) atoms. The number of aliphatic hydroxyl groups is 1. The summed E-state index contributed by atoms with van der Waals surface area (Å²) in [7, 11) is -6.32. The molecule has 2 saturated heterocycles. The maximum Gasteiger partial charge on any atom is 0.248 e. The molecule has 5 heterocycles. The van der Waals surface area contributed by atoms with Crippen molar-refractivity contribution >= 4 is 27.2 Å². The number of aromatic nitrogens is 4. The first kappa shape index (κ1) is 22.8. The van der Waals surface area contributed by atoms with Crippen LogP contribution in [-0.2, 0) is 14.6 Å². The molecule has 2 fully saturated rings. The van der Waals surface area contributed by atoms with Gasteiger partial charge in [0.25, 0.3) is 0 Å². The number of nitrogens with zero attached hydrogens (tertiary/aromatic N) is 5. The fraction of sp³-hybridized carbons (Fsp3) is 0.357. The Bertz CT molecular complexity index is 1800. The summed E-state index contributed by atoms with van der Waals surface area (Å²) >= 11 is 0. The van der Waals surface area contributed by atoms with Gasteiger partial charge in [-0.25, -0.2) is 13.4 Å². The Balaban J connectivity index is 1.36. The molecule has 4 aromatic rings. The van der Waals surface area contributed by atoms with Gasteiger partial charge in [0.05, 0.1) is 28.7 Å². The molecule has 3 N–H and O–H groups in total. The van der Waals surface area contributed by atoms with Gasteiger partial charge in [0.1, 0.15) is 23.1 Å². The minimum absolute atomic E-state index is 0.0288. The van der Waals surface area contributed by atoms with Crippen LogP contribution >= 0.6 is 0 Å². The van der Waals surface area contributed by atoms with Crippen molar-refractivity contribution in [3.8, 4) is 28.1 Å². The number of amides is 1. The molecule has 1 aromatic carbocycles. The van der Waals surface area contributed by atoms with Gasteiger partial charge in [-0.1, -0.05) is 6.07 Å². The van der Waals surface area contributed by atoms with E-state index in [1.165, 1.54) is 4.52 Å². The van der Waals surface area contributed by atoms with E-state index < -0.39 is 23.5 Å². The van der Waals surface area contributed by atoms with Crippen molar-refractivity contribution < 1.29 is 27.2 Å². The van der Waals surface area contributed by atoms with Crippen LogP contribution in [0.15, 0.2) is 53.7 Å². The predicted octanol–water partition coefficient (Wildman–Crippen LogP) is 2.68. The number of carbonyl (C=O) groups excluding carboxylic acids is 1. The van der Waals surface area contributed by atoms with E-state index in [9.17, 15) is 18.3 Å². The van der Waals surface area contributed by atoms with Crippen molar-refractivity contribution in [1.82, 2.24) is 24.5 Å². The summed E-state index contributed by atoms with van der Waals surface area (Å²) in [6.45, 7) is -0.556. The Kier molecular flexibility index (Phi) is 5.61. The van der Waals surface area contributed by atoms with Crippen LogP contribution in [0.4, 0.5) is 5.82 Å². The molecular weight excluding hydrogens is 532 g/mol. The largest absolute Gasteiger partial charge is 0.497 e. The number of fused-ring (bicyclic) bond motifs is 3. The van der Waals surface area contributed by atoms with Crippen LogP contribution in [0.5, 0.6) is 5.75 Å². The lowest BCUT2D eigenvalue weighted by atomic mass is 9.87. The highest BCUT2D eigenvalue weighted by molar-refractivity contribution is 7.91. The second kappa shape index (κ2) is 9.86. The molecule has 1 unspecified atom stereocenters. The average Bonchev–Trinajstić information content (AvgIpc) is 3.49. The maximum atomic E-state index is 13.0. The van der Waals surface area contributed by atoms with Gasteiger partial charge in [-0.2, -0.15) is 9.61 Å². The van der Waals surface area contributed by atoms with Crippen LogP contribution in [0.1, 0.15) is 41.4 Å². The number of benzene rings is 1. The third kappa shape index (κ3) is 4.37. The van der Waals surface area contributed by atoms with Gasteiger partial charge in [0.15, 0.2) is 15.5 Å². The lowest BCUT2D eigenvalue weighted by molar-refractivity contribution is -0.138. The molecule has 0 saturated carbocycles. The van der Waals surface area contributed by atoms with E-state index in [-0.39, 0.29) is 40.4 Å². The molecular formula is C28H30N6O5S. The smallest absolute Gasteiger partial charge is 0.248 e. The second-order valence-electron chi connectivity index (χ2n) is 10.3. The Morgan fingerprint density at radius 1 is 1.12 bits per heavy atom. The molecule has 2 aliphatic heterocycles. The second-order valence-corrected chi connectivity index (χ2v) is 12.3. The highest BCUT2D eigenvalue weighted by atomic mass is 32.2. The number of hydrogen-bond acceptors (Lipinski definition) is 9.